The van der Waals surface area contributed by atoms with Crippen molar-refractivity contribution in [2.24, 2.45) is 7.05 Å². The molecule has 0 saturated carbocycles. The highest BCUT2D eigenvalue weighted by Gasteiger charge is 2.10. The van der Waals surface area contributed by atoms with Gasteiger partial charge in [-0.25, -0.2) is 0 Å². The van der Waals surface area contributed by atoms with Crippen LogP contribution in [-0.4, -0.2) is 15.7 Å². The van der Waals surface area contributed by atoms with Gasteiger partial charge in [0.1, 0.15) is 0 Å². The lowest BCUT2D eigenvalue weighted by Crippen LogP contribution is -2.12. The lowest BCUT2D eigenvalue weighted by molar-refractivity contribution is 0.102. The molecular formula is C14H17N3O. The second kappa shape index (κ2) is 4.64. The van der Waals surface area contributed by atoms with Crippen LogP contribution < -0.4 is 5.32 Å². The molecule has 0 spiro atoms. The minimum absolute atomic E-state index is 0.103. The summed E-state index contributed by atoms with van der Waals surface area (Å²) >= 11 is 0. The molecule has 4 nitrogen and oxygen atoms in total. The van der Waals surface area contributed by atoms with Crippen molar-refractivity contribution in [3.05, 3.63) is 46.8 Å². The van der Waals surface area contributed by atoms with Crippen LogP contribution >= 0.6 is 0 Å². The number of hydrogen-bond acceptors (Lipinski definition) is 2. The van der Waals surface area contributed by atoms with Gasteiger partial charge in [-0.05, 0) is 44.0 Å². The van der Waals surface area contributed by atoms with Gasteiger partial charge in [-0.1, -0.05) is 6.07 Å². The van der Waals surface area contributed by atoms with Gasteiger partial charge < -0.3 is 5.32 Å². The number of carbonyl (C=O) groups excluding carboxylic acids is 1. The third kappa shape index (κ3) is 2.27. The number of aromatic nitrogens is 2. The Labute approximate surface area is 107 Å². The summed E-state index contributed by atoms with van der Waals surface area (Å²) in [6.07, 6.45) is 1.66. The molecule has 0 radical (unpaired) electrons. The van der Waals surface area contributed by atoms with E-state index in [0.29, 0.717) is 5.56 Å². The summed E-state index contributed by atoms with van der Waals surface area (Å²) in [4.78, 5) is 12.1. The number of rotatable bonds is 2. The maximum absolute atomic E-state index is 12.1. The number of amides is 1. The van der Waals surface area contributed by atoms with Crippen LogP contribution in [0.2, 0.25) is 0 Å². The van der Waals surface area contributed by atoms with E-state index in [1.54, 1.807) is 10.9 Å². The van der Waals surface area contributed by atoms with Gasteiger partial charge in [0.05, 0.1) is 17.6 Å². The Morgan fingerprint density at radius 3 is 2.50 bits per heavy atom. The highest BCUT2D eigenvalue weighted by molar-refractivity contribution is 6.04. The molecule has 4 heteroatoms. The van der Waals surface area contributed by atoms with Crippen LogP contribution in [0.3, 0.4) is 0 Å². The Morgan fingerprint density at radius 2 is 1.94 bits per heavy atom. The average molecular weight is 243 g/mol. The molecule has 1 heterocycles. The Morgan fingerprint density at radius 1 is 1.22 bits per heavy atom. The van der Waals surface area contributed by atoms with Gasteiger partial charge in [-0.15, -0.1) is 0 Å². The van der Waals surface area contributed by atoms with E-state index in [4.69, 9.17) is 0 Å². The molecule has 1 amide bonds. The van der Waals surface area contributed by atoms with Crippen molar-refractivity contribution in [1.29, 1.82) is 0 Å². The van der Waals surface area contributed by atoms with Crippen molar-refractivity contribution in [1.82, 2.24) is 9.78 Å². The maximum atomic E-state index is 12.1. The first-order chi connectivity index (χ1) is 8.49. The second-order valence-electron chi connectivity index (χ2n) is 4.52. The SMILES string of the molecule is Cc1ccc(C(=O)Nc2cnn(C)c2C)cc1C. The summed E-state index contributed by atoms with van der Waals surface area (Å²) in [6, 6.07) is 5.69. The van der Waals surface area contributed by atoms with Gasteiger partial charge in [-0.3, -0.25) is 9.48 Å². The van der Waals surface area contributed by atoms with E-state index in [1.165, 1.54) is 5.56 Å². The molecule has 0 aliphatic carbocycles. The molecule has 1 aromatic heterocycles. The van der Waals surface area contributed by atoms with Crippen molar-refractivity contribution in [2.75, 3.05) is 5.32 Å². The summed E-state index contributed by atoms with van der Waals surface area (Å²) in [7, 11) is 1.85. The fourth-order valence-corrected chi connectivity index (χ4v) is 1.70. The molecule has 0 fully saturated rings. The molecule has 94 valence electrons. The molecule has 0 bridgehead atoms. The van der Waals surface area contributed by atoms with Crippen LogP contribution in [0.25, 0.3) is 0 Å². The fourth-order valence-electron chi connectivity index (χ4n) is 1.70. The lowest BCUT2D eigenvalue weighted by atomic mass is 10.1. The quantitative estimate of drug-likeness (QED) is 0.881. The van der Waals surface area contributed by atoms with Crippen LogP contribution in [0.15, 0.2) is 24.4 Å². The zero-order chi connectivity index (χ0) is 13.3. The van der Waals surface area contributed by atoms with Crippen molar-refractivity contribution >= 4 is 11.6 Å². The summed E-state index contributed by atoms with van der Waals surface area (Å²) in [5, 5.41) is 6.97. The molecule has 0 aliphatic rings. The number of aryl methyl sites for hydroxylation is 3. The van der Waals surface area contributed by atoms with Crippen LogP contribution in [0.4, 0.5) is 5.69 Å². The van der Waals surface area contributed by atoms with Gasteiger partial charge >= 0.3 is 0 Å². The Balaban J connectivity index is 2.22. The molecule has 0 aliphatic heterocycles. The van der Waals surface area contributed by atoms with Crippen molar-refractivity contribution in [2.45, 2.75) is 20.8 Å². The van der Waals surface area contributed by atoms with E-state index in [1.807, 2.05) is 46.0 Å². The highest BCUT2D eigenvalue weighted by atomic mass is 16.1. The van der Waals surface area contributed by atoms with E-state index in [2.05, 4.69) is 10.4 Å². The predicted molar refractivity (Wildman–Crippen MR) is 71.8 cm³/mol. The largest absolute Gasteiger partial charge is 0.319 e. The Kier molecular flexibility index (Phi) is 3.19. The summed E-state index contributed by atoms with van der Waals surface area (Å²) in [6.45, 7) is 5.95. The van der Waals surface area contributed by atoms with Crippen molar-refractivity contribution in [3.63, 3.8) is 0 Å². The summed E-state index contributed by atoms with van der Waals surface area (Å²) in [5.41, 5.74) is 4.66. The minimum atomic E-state index is -0.103. The first kappa shape index (κ1) is 12.4. The van der Waals surface area contributed by atoms with Crippen molar-refractivity contribution in [3.8, 4) is 0 Å². The normalized spacial score (nSPS) is 10.4. The molecule has 2 rings (SSSR count). The topological polar surface area (TPSA) is 46.9 Å². The zero-order valence-corrected chi connectivity index (χ0v) is 11.1. The molecule has 18 heavy (non-hydrogen) atoms. The first-order valence-electron chi connectivity index (χ1n) is 5.86. The molecule has 0 atom stereocenters. The number of benzene rings is 1. The molecule has 1 N–H and O–H groups in total. The molecule has 0 saturated heterocycles. The van der Waals surface area contributed by atoms with E-state index in [9.17, 15) is 4.79 Å². The molecule has 0 unspecified atom stereocenters. The van der Waals surface area contributed by atoms with E-state index in [0.717, 1.165) is 16.9 Å². The van der Waals surface area contributed by atoms with Gasteiger partial charge in [0.2, 0.25) is 0 Å². The summed E-state index contributed by atoms with van der Waals surface area (Å²) < 4.78 is 1.73. The van der Waals surface area contributed by atoms with Crippen LogP contribution in [0, 0.1) is 20.8 Å². The van der Waals surface area contributed by atoms with E-state index in [-0.39, 0.29) is 5.91 Å². The van der Waals surface area contributed by atoms with E-state index < -0.39 is 0 Å². The number of anilines is 1. The minimum Gasteiger partial charge on any atom is -0.319 e. The standard InChI is InChI=1S/C14H17N3O/c1-9-5-6-12(7-10(9)2)14(18)16-13-8-15-17(4)11(13)3/h5-8H,1-4H3,(H,16,18). The number of carbonyl (C=O) groups is 1. The summed E-state index contributed by atoms with van der Waals surface area (Å²) in [5.74, 6) is -0.103. The number of nitrogens with one attached hydrogen (secondary N) is 1. The Bertz CT molecular complexity index is 599. The fraction of sp³-hybridized carbons (Fsp3) is 0.286. The van der Waals surface area contributed by atoms with Crippen molar-refractivity contribution < 1.29 is 4.79 Å². The molecule has 2 aromatic rings. The predicted octanol–water partition coefficient (Wildman–Crippen LogP) is 2.60. The monoisotopic (exact) mass is 243 g/mol. The number of nitrogens with zero attached hydrogens (tertiary/aromatic N) is 2. The number of hydrogen-bond donors (Lipinski definition) is 1. The first-order valence-corrected chi connectivity index (χ1v) is 5.86. The third-order valence-corrected chi connectivity index (χ3v) is 3.25. The van der Waals surface area contributed by atoms with Crippen LogP contribution in [-0.2, 0) is 7.05 Å². The lowest BCUT2D eigenvalue weighted by Gasteiger charge is -2.06. The molecule has 1 aromatic carbocycles. The average Bonchev–Trinajstić information content (AvgIpc) is 2.64. The molecular weight excluding hydrogens is 226 g/mol. The smallest absolute Gasteiger partial charge is 0.255 e. The maximum Gasteiger partial charge on any atom is 0.255 e. The zero-order valence-electron chi connectivity index (χ0n) is 11.1. The Hall–Kier alpha value is -2.10. The second-order valence-corrected chi connectivity index (χ2v) is 4.52. The van der Waals surface area contributed by atoms with E-state index >= 15 is 0 Å². The van der Waals surface area contributed by atoms with Gasteiger partial charge in [0, 0.05) is 12.6 Å². The highest BCUT2D eigenvalue weighted by Crippen LogP contribution is 2.15. The van der Waals surface area contributed by atoms with Gasteiger partial charge in [0.15, 0.2) is 0 Å². The van der Waals surface area contributed by atoms with Gasteiger partial charge in [-0.2, -0.15) is 5.10 Å². The van der Waals surface area contributed by atoms with Gasteiger partial charge in [0.25, 0.3) is 5.91 Å². The van der Waals surface area contributed by atoms with Crippen LogP contribution in [0.5, 0.6) is 0 Å². The van der Waals surface area contributed by atoms with Crippen LogP contribution in [0.1, 0.15) is 27.2 Å². The third-order valence-electron chi connectivity index (χ3n) is 3.25.